The van der Waals surface area contributed by atoms with Crippen LogP contribution >= 0.6 is 0 Å². The standard InChI is InChI=1S/C30H22O7.C3H4O/c1-4-28(31)35-24-11-13-25(14-12-24)36-30(33)23-9-8-19-16-20(6-7-21(19)17-23)22-10-15-26(34-3)27(18-22)37-29(32)5-2;1-2-3-4/h4-18H,1-2H2,3H3;2-3H,1H2. The summed E-state index contributed by atoms with van der Waals surface area (Å²) < 4.78 is 21.0. The lowest BCUT2D eigenvalue weighted by atomic mass is 9.99. The van der Waals surface area contributed by atoms with Crippen molar-refractivity contribution in [3.8, 4) is 34.1 Å². The summed E-state index contributed by atoms with van der Waals surface area (Å²) in [6.07, 6.45) is 3.98. The fourth-order valence-corrected chi connectivity index (χ4v) is 3.54. The van der Waals surface area contributed by atoms with Gasteiger partial charge in [-0.15, -0.1) is 0 Å². The van der Waals surface area contributed by atoms with Gasteiger partial charge in [-0.05, 0) is 82.6 Å². The third kappa shape index (κ3) is 8.11. The van der Waals surface area contributed by atoms with Gasteiger partial charge < -0.3 is 18.9 Å². The van der Waals surface area contributed by atoms with Crippen molar-refractivity contribution >= 4 is 35.0 Å². The van der Waals surface area contributed by atoms with E-state index in [1.54, 1.807) is 24.3 Å². The maximum atomic E-state index is 12.7. The van der Waals surface area contributed by atoms with Crippen molar-refractivity contribution < 1.29 is 38.1 Å². The van der Waals surface area contributed by atoms with Crippen molar-refractivity contribution in [2.45, 2.75) is 0 Å². The molecule has 0 heterocycles. The molecule has 4 aromatic carbocycles. The van der Waals surface area contributed by atoms with Crippen LogP contribution in [0.5, 0.6) is 23.0 Å². The second-order valence-electron chi connectivity index (χ2n) is 8.13. The topological polar surface area (TPSA) is 105 Å². The number of rotatable bonds is 9. The number of hydrogen-bond donors (Lipinski definition) is 0. The molecule has 206 valence electrons. The second kappa shape index (κ2) is 14.4. The second-order valence-corrected chi connectivity index (χ2v) is 8.13. The number of aldehydes is 1. The zero-order valence-electron chi connectivity index (χ0n) is 22.2. The molecule has 0 aliphatic carbocycles. The van der Waals surface area contributed by atoms with Gasteiger partial charge in [0.25, 0.3) is 0 Å². The fourth-order valence-electron chi connectivity index (χ4n) is 3.54. The van der Waals surface area contributed by atoms with Crippen LogP contribution in [0.1, 0.15) is 10.4 Å². The maximum absolute atomic E-state index is 12.7. The smallest absolute Gasteiger partial charge is 0.343 e. The Kier molecular flexibility index (Phi) is 10.5. The van der Waals surface area contributed by atoms with Gasteiger partial charge >= 0.3 is 17.9 Å². The lowest BCUT2D eigenvalue weighted by molar-refractivity contribution is -0.129. The molecule has 0 unspecified atom stereocenters. The van der Waals surface area contributed by atoms with E-state index in [4.69, 9.17) is 23.7 Å². The first-order chi connectivity index (χ1) is 19.8. The number of methoxy groups -OCH3 is 1. The van der Waals surface area contributed by atoms with E-state index in [0.29, 0.717) is 29.1 Å². The Balaban J connectivity index is 0.00000108. The Morgan fingerprint density at radius 3 is 1.78 bits per heavy atom. The Morgan fingerprint density at radius 2 is 1.17 bits per heavy atom. The Labute approximate surface area is 236 Å². The van der Waals surface area contributed by atoms with E-state index in [2.05, 4.69) is 19.7 Å². The van der Waals surface area contributed by atoms with Gasteiger partial charge in [-0.3, -0.25) is 4.79 Å². The van der Waals surface area contributed by atoms with Crippen LogP contribution in [0.2, 0.25) is 0 Å². The number of ether oxygens (including phenoxy) is 4. The van der Waals surface area contributed by atoms with Crippen LogP contribution in [-0.2, 0) is 14.4 Å². The van der Waals surface area contributed by atoms with E-state index < -0.39 is 17.9 Å². The summed E-state index contributed by atoms with van der Waals surface area (Å²) >= 11 is 0. The van der Waals surface area contributed by atoms with Gasteiger partial charge in [-0.25, -0.2) is 14.4 Å². The molecule has 4 rings (SSSR count). The SMILES string of the molecule is C=CC(=O)Oc1ccc(OC(=O)c2ccc3cc(-c4ccc(OC)c(OC(=O)C=C)c4)ccc3c2)cc1.C=CC=O. The van der Waals surface area contributed by atoms with Crippen LogP contribution in [-0.4, -0.2) is 31.3 Å². The highest BCUT2D eigenvalue weighted by Gasteiger charge is 2.13. The molecular weight excluding hydrogens is 524 g/mol. The van der Waals surface area contributed by atoms with E-state index in [1.165, 1.54) is 37.5 Å². The highest BCUT2D eigenvalue weighted by atomic mass is 16.6. The molecule has 0 saturated heterocycles. The molecule has 0 N–H and O–H groups in total. The van der Waals surface area contributed by atoms with Gasteiger partial charge in [0, 0.05) is 12.2 Å². The Bertz CT molecular complexity index is 1610. The van der Waals surface area contributed by atoms with Gasteiger partial charge in [0.15, 0.2) is 11.5 Å². The number of hydrogen-bond acceptors (Lipinski definition) is 8. The van der Waals surface area contributed by atoms with E-state index in [-0.39, 0.29) is 5.75 Å². The van der Waals surface area contributed by atoms with Gasteiger partial charge in [0.1, 0.15) is 17.8 Å². The van der Waals surface area contributed by atoms with Crippen molar-refractivity contribution in [1.82, 2.24) is 0 Å². The van der Waals surface area contributed by atoms with Crippen molar-refractivity contribution in [2.24, 2.45) is 0 Å². The summed E-state index contributed by atoms with van der Waals surface area (Å²) in [5.74, 6) is -0.343. The van der Waals surface area contributed by atoms with E-state index in [9.17, 15) is 14.4 Å². The molecule has 0 fully saturated rings. The minimum absolute atomic E-state index is 0.287. The molecule has 0 amide bonds. The van der Waals surface area contributed by atoms with E-state index >= 15 is 0 Å². The van der Waals surface area contributed by atoms with Crippen LogP contribution in [0.25, 0.3) is 21.9 Å². The largest absolute Gasteiger partial charge is 0.493 e. The van der Waals surface area contributed by atoms with Gasteiger partial charge in [-0.2, -0.15) is 0 Å². The highest BCUT2D eigenvalue weighted by molar-refractivity contribution is 5.97. The Hall–Kier alpha value is -5.76. The zero-order valence-corrected chi connectivity index (χ0v) is 22.2. The number of carbonyl (C=O) groups is 4. The average Bonchev–Trinajstić information content (AvgIpc) is 3.01. The first kappa shape index (κ1) is 29.8. The molecule has 0 aliphatic heterocycles. The highest BCUT2D eigenvalue weighted by Crippen LogP contribution is 2.34. The molecule has 0 radical (unpaired) electrons. The number of fused-ring (bicyclic) bond motifs is 1. The van der Waals surface area contributed by atoms with Crippen LogP contribution < -0.4 is 18.9 Å². The van der Waals surface area contributed by atoms with Crippen molar-refractivity contribution in [2.75, 3.05) is 7.11 Å². The molecular formula is C33H26O8. The van der Waals surface area contributed by atoms with Crippen LogP contribution in [0.4, 0.5) is 0 Å². The van der Waals surface area contributed by atoms with Crippen molar-refractivity contribution in [3.05, 3.63) is 122 Å². The number of benzene rings is 4. The van der Waals surface area contributed by atoms with Crippen LogP contribution in [0.15, 0.2) is 117 Å². The molecule has 8 nitrogen and oxygen atoms in total. The maximum Gasteiger partial charge on any atom is 0.343 e. The summed E-state index contributed by atoms with van der Waals surface area (Å²) in [5, 5.41) is 1.75. The Morgan fingerprint density at radius 1 is 0.634 bits per heavy atom. The zero-order chi connectivity index (χ0) is 29.8. The molecule has 0 saturated carbocycles. The average molecular weight is 551 g/mol. The van der Waals surface area contributed by atoms with Crippen molar-refractivity contribution in [1.29, 1.82) is 0 Å². The minimum Gasteiger partial charge on any atom is -0.493 e. The molecule has 0 atom stereocenters. The van der Waals surface area contributed by atoms with Crippen LogP contribution in [0, 0.1) is 0 Å². The lowest BCUT2D eigenvalue weighted by Gasteiger charge is -2.11. The number of esters is 3. The first-order valence-electron chi connectivity index (χ1n) is 12.1. The predicted octanol–water partition coefficient (Wildman–Crippen LogP) is 6.29. The number of carbonyl (C=O) groups excluding carboxylic acids is 4. The molecule has 8 heteroatoms. The quantitative estimate of drug-likeness (QED) is 0.104. The normalized spacial score (nSPS) is 9.78. The lowest BCUT2D eigenvalue weighted by Crippen LogP contribution is -2.08. The molecule has 0 spiro atoms. The number of allylic oxidation sites excluding steroid dienone is 1. The summed E-state index contributed by atoms with van der Waals surface area (Å²) in [4.78, 5) is 44.7. The minimum atomic E-state index is -0.583. The molecule has 4 aromatic rings. The van der Waals surface area contributed by atoms with Gasteiger partial charge in [-0.1, -0.05) is 44.0 Å². The monoisotopic (exact) mass is 550 g/mol. The summed E-state index contributed by atoms with van der Waals surface area (Å²) in [6.45, 7) is 9.87. The first-order valence-corrected chi connectivity index (χ1v) is 12.1. The van der Waals surface area contributed by atoms with Crippen molar-refractivity contribution in [3.63, 3.8) is 0 Å². The summed E-state index contributed by atoms with van der Waals surface area (Å²) in [5.41, 5.74) is 2.09. The van der Waals surface area contributed by atoms with Crippen LogP contribution in [0.3, 0.4) is 0 Å². The molecule has 0 bridgehead atoms. The predicted molar refractivity (Wildman–Crippen MR) is 155 cm³/mol. The summed E-state index contributed by atoms with van der Waals surface area (Å²) in [7, 11) is 1.49. The van der Waals surface area contributed by atoms with E-state index in [1.807, 2.05) is 30.3 Å². The third-order valence-corrected chi connectivity index (χ3v) is 5.47. The fraction of sp³-hybridized carbons (Fsp3) is 0.0303. The molecule has 0 aromatic heterocycles. The molecule has 0 aliphatic rings. The van der Waals surface area contributed by atoms with Gasteiger partial charge in [0.2, 0.25) is 0 Å². The summed E-state index contributed by atoms with van der Waals surface area (Å²) in [6, 6.07) is 22.4. The third-order valence-electron chi connectivity index (χ3n) is 5.47. The van der Waals surface area contributed by atoms with E-state index in [0.717, 1.165) is 34.1 Å². The molecule has 41 heavy (non-hydrogen) atoms. The van der Waals surface area contributed by atoms with Gasteiger partial charge in [0.05, 0.1) is 12.7 Å².